The van der Waals surface area contributed by atoms with E-state index in [4.69, 9.17) is 22.9 Å². The molecule has 0 aliphatic carbocycles. The number of nitrogens with two attached hydrogens (primary N) is 4. The van der Waals surface area contributed by atoms with Crippen molar-refractivity contribution in [3.63, 3.8) is 0 Å². The minimum absolute atomic E-state index is 0.00355. The second-order valence-corrected chi connectivity index (χ2v) is 15.9. The predicted octanol–water partition coefficient (Wildman–Crippen LogP) is -1.82. The molecule has 0 saturated heterocycles. The van der Waals surface area contributed by atoms with Gasteiger partial charge in [-0.05, 0) is 69.5 Å². The van der Waals surface area contributed by atoms with E-state index in [-0.39, 0.29) is 44.6 Å². The predicted molar refractivity (Wildman–Crippen MR) is 244 cm³/mol. The summed E-state index contributed by atoms with van der Waals surface area (Å²) < 4.78 is 0. The molecule has 2 rings (SSSR count). The first-order valence-corrected chi connectivity index (χ1v) is 21.8. The van der Waals surface area contributed by atoms with Gasteiger partial charge in [-0.25, -0.2) is 4.79 Å². The molecule has 2 aromatic carbocycles. The summed E-state index contributed by atoms with van der Waals surface area (Å²) in [4.78, 5) is 110. The number of carbonyl (C=O) groups is 8. The largest absolute Gasteiger partial charge is 0.480 e. The molecule has 0 fully saturated rings. The molecule has 358 valence electrons. The van der Waals surface area contributed by atoms with Crippen LogP contribution in [-0.4, -0.2) is 120 Å². The number of benzene rings is 2. The van der Waals surface area contributed by atoms with E-state index in [2.05, 4.69) is 42.2 Å². The Labute approximate surface area is 379 Å². The van der Waals surface area contributed by atoms with Crippen molar-refractivity contribution in [2.75, 3.05) is 19.6 Å². The Bertz CT molecular complexity index is 1900. The summed E-state index contributed by atoms with van der Waals surface area (Å²) in [5.41, 5.74) is 23.5. The lowest BCUT2D eigenvalue weighted by Gasteiger charge is -2.29. The molecule has 0 saturated carbocycles. The number of carboxylic acid groups (broad SMARTS) is 1. The van der Waals surface area contributed by atoms with Crippen LogP contribution in [0.1, 0.15) is 77.3 Å². The second-order valence-electron chi connectivity index (χ2n) is 15.9. The molecule has 0 heterocycles. The van der Waals surface area contributed by atoms with Crippen molar-refractivity contribution in [3.8, 4) is 0 Å². The number of carboxylic acids is 1. The van der Waals surface area contributed by atoms with Crippen molar-refractivity contribution < 1.29 is 43.5 Å². The van der Waals surface area contributed by atoms with E-state index >= 15 is 0 Å². The molecule has 0 aromatic heterocycles. The average Bonchev–Trinajstić information content (AvgIpc) is 3.27. The van der Waals surface area contributed by atoms with Gasteiger partial charge in [0.25, 0.3) is 0 Å². The van der Waals surface area contributed by atoms with Crippen LogP contribution in [0.2, 0.25) is 0 Å². The normalized spacial score (nSPS) is 14.6. The highest BCUT2D eigenvalue weighted by Crippen LogP contribution is 2.13. The van der Waals surface area contributed by atoms with Crippen LogP contribution in [0, 0.1) is 5.92 Å². The number of nitrogens with one attached hydrogen (secondary N) is 7. The zero-order valence-corrected chi connectivity index (χ0v) is 37.6. The Hall–Kier alpha value is -6.61. The zero-order chi connectivity index (χ0) is 48.5. The number of nitrogens with zero attached hydrogens (tertiary/aromatic N) is 1. The lowest BCUT2D eigenvalue weighted by atomic mass is 9.96. The molecular formula is C44H68N12O9. The van der Waals surface area contributed by atoms with Gasteiger partial charge in [-0.1, -0.05) is 80.9 Å². The van der Waals surface area contributed by atoms with E-state index in [1.165, 1.54) is 13.8 Å². The molecule has 0 aliphatic heterocycles. The van der Waals surface area contributed by atoms with E-state index in [1.807, 2.05) is 0 Å². The highest BCUT2D eigenvalue weighted by atomic mass is 16.4. The molecular weight excluding hydrogens is 841 g/mol. The van der Waals surface area contributed by atoms with Gasteiger partial charge in [0, 0.05) is 19.4 Å². The Morgan fingerprint density at radius 1 is 0.615 bits per heavy atom. The number of carbonyl (C=O) groups excluding carboxylic acids is 7. The quantitative estimate of drug-likeness (QED) is 0.0243. The van der Waals surface area contributed by atoms with Gasteiger partial charge in [-0.2, -0.15) is 0 Å². The van der Waals surface area contributed by atoms with E-state index in [0.717, 1.165) is 0 Å². The summed E-state index contributed by atoms with van der Waals surface area (Å²) >= 11 is 0. The van der Waals surface area contributed by atoms with Crippen LogP contribution in [0.3, 0.4) is 0 Å². The molecule has 0 aliphatic rings. The Morgan fingerprint density at radius 2 is 1.11 bits per heavy atom. The van der Waals surface area contributed by atoms with Crippen molar-refractivity contribution >= 4 is 53.3 Å². The van der Waals surface area contributed by atoms with Gasteiger partial charge in [0.15, 0.2) is 5.96 Å². The Balaban J connectivity index is 2.38. The van der Waals surface area contributed by atoms with Crippen LogP contribution in [0.15, 0.2) is 65.7 Å². The molecule has 0 bridgehead atoms. The van der Waals surface area contributed by atoms with E-state index in [0.29, 0.717) is 36.9 Å². The van der Waals surface area contributed by atoms with E-state index in [1.54, 1.807) is 74.5 Å². The maximum absolute atomic E-state index is 14.3. The first-order valence-electron chi connectivity index (χ1n) is 21.8. The van der Waals surface area contributed by atoms with Crippen molar-refractivity contribution in [3.05, 3.63) is 71.8 Å². The third kappa shape index (κ3) is 20.6. The fraction of sp³-hybridized carbons (Fsp3) is 0.523. The van der Waals surface area contributed by atoms with Crippen molar-refractivity contribution in [2.24, 2.45) is 33.8 Å². The molecule has 0 unspecified atom stereocenters. The van der Waals surface area contributed by atoms with E-state index < -0.39 is 102 Å². The van der Waals surface area contributed by atoms with Crippen molar-refractivity contribution in [1.29, 1.82) is 0 Å². The van der Waals surface area contributed by atoms with E-state index in [9.17, 15) is 43.5 Å². The highest BCUT2D eigenvalue weighted by molar-refractivity contribution is 5.97. The van der Waals surface area contributed by atoms with Gasteiger partial charge in [0.1, 0.15) is 36.3 Å². The molecule has 7 amide bonds. The summed E-state index contributed by atoms with van der Waals surface area (Å²) in [5.74, 6) is -6.90. The number of amides is 7. The molecule has 21 heteroatoms. The number of hydrogen-bond acceptors (Lipinski definition) is 11. The Morgan fingerprint density at radius 3 is 1.62 bits per heavy atom. The Kier molecular flexibility index (Phi) is 24.3. The first kappa shape index (κ1) is 54.5. The molecule has 21 nitrogen and oxygen atoms in total. The van der Waals surface area contributed by atoms with Gasteiger partial charge in [-0.3, -0.25) is 38.6 Å². The molecule has 0 spiro atoms. The number of guanidine groups is 1. The topological polar surface area (TPSA) is 357 Å². The summed E-state index contributed by atoms with van der Waals surface area (Å²) in [6, 6.07) is 9.20. The number of unbranched alkanes of at least 4 members (excludes halogenated alkanes) is 1. The number of aliphatic carboxylic acids is 1. The SMILES string of the molecule is CC[C@H](C)[C@H](NC(=O)[C@H](Cc1ccccc1)NC(=O)[C@H](CCCCN)NC(=O)[C@H](C)NC(=O)CNC(=O)[C@H](C)N)C(=O)N[C@@H](CCCN=C(N)N)C(=O)N[C@@H](Cc1ccccc1)C(=O)O. The summed E-state index contributed by atoms with van der Waals surface area (Å²) in [5, 5.41) is 28.2. The smallest absolute Gasteiger partial charge is 0.326 e. The van der Waals surface area contributed by atoms with Gasteiger partial charge >= 0.3 is 5.97 Å². The van der Waals surface area contributed by atoms with Crippen molar-refractivity contribution in [2.45, 2.75) is 121 Å². The van der Waals surface area contributed by atoms with Gasteiger partial charge in [-0.15, -0.1) is 0 Å². The first-order chi connectivity index (χ1) is 30.9. The minimum atomic E-state index is -1.33. The maximum atomic E-state index is 14.3. The van der Waals surface area contributed by atoms with Gasteiger partial charge in [0.2, 0.25) is 41.4 Å². The standard InChI is InChI=1S/C44H68N12O9/c1-5-26(2)36(42(63)53-32(20-14-22-49-44(47)48)40(61)55-34(43(64)65)24-30-17-10-7-11-18-30)56-41(62)33(23-29-15-8-6-9-16-29)54-39(60)31(19-12-13-21-45)52-38(59)28(4)51-35(57)25-50-37(58)27(3)46/h6-11,15-18,26-28,31-34,36H,5,12-14,19-25,45-46H2,1-4H3,(H,50,58)(H,51,57)(H,52,59)(H,53,63)(H,54,60)(H,55,61)(H,56,62)(H,64,65)(H4,47,48,49)/t26-,27-,28-,31-,32-,33-,34-,36-/m0/s1. The van der Waals surface area contributed by atoms with Crippen LogP contribution in [-0.2, 0) is 51.2 Å². The summed E-state index contributed by atoms with van der Waals surface area (Å²) in [6.45, 7) is 6.35. The number of aliphatic imine (C=N–C) groups is 1. The van der Waals surface area contributed by atoms with Gasteiger partial charge < -0.3 is 65.3 Å². The summed E-state index contributed by atoms with van der Waals surface area (Å²) in [7, 11) is 0. The monoisotopic (exact) mass is 909 g/mol. The lowest BCUT2D eigenvalue weighted by Crippen LogP contribution is -2.61. The molecule has 2 aromatic rings. The van der Waals surface area contributed by atoms with Crippen LogP contribution >= 0.6 is 0 Å². The van der Waals surface area contributed by atoms with Crippen LogP contribution < -0.4 is 60.2 Å². The average molecular weight is 909 g/mol. The molecule has 8 atom stereocenters. The van der Waals surface area contributed by atoms with Crippen LogP contribution in [0.25, 0.3) is 0 Å². The molecule has 65 heavy (non-hydrogen) atoms. The van der Waals surface area contributed by atoms with Crippen molar-refractivity contribution in [1.82, 2.24) is 37.2 Å². The molecule has 0 radical (unpaired) electrons. The third-order valence-electron chi connectivity index (χ3n) is 10.4. The van der Waals surface area contributed by atoms with Crippen LogP contribution in [0.5, 0.6) is 0 Å². The number of rotatable bonds is 29. The lowest BCUT2D eigenvalue weighted by molar-refractivity contribution is -0.142. The summed E-state index contributed by atoms with van der Waals surface area (Å²) in [6.07, 6.45) is 1.63. The fourth-order valence-electron chi connectivity index (χ4n) is 6.39. The maximum Gasteiger partial charge on any atom is 0.326 e. The minimum Gasteiger partial charge on any atom is -0.480 e. The zero-order valence-electron chi connectivity index (χ0n) is 37.6. The number of hydrogen-bond donors (Lipinski definition) is 12. The van der Waals surface area contributed by atoms with Gasteiger partial charge in [0.05, 0.1) is 12.6 Å². The van der Waals surface area contributed by atoms with Crippen LogP contribution in [0.4, 0.5) is 0 Å². The second kappa shape index (κ2) is 29.0. The third-order valence-corrected chi connectivity index (χ3v) is 10.4. The fourth-order valence-corrected chi connectivity index (χ4v) is 6.39. The molecule has 16 N–H and O–H groups in total. The highest BCUT2D eigenvalue weighted by Gasteiger charge is 2.35.